The molecule has 0 amide bonds. The van der Waals surface area contributed by atoms with E-state index in [0.29, 0.717) is 12.8 Å². The average molecular weight is 768 g/mol. The van der Waals surface area contributed by atoms with Crippen molar-refractivity contribution in [1.29, 1.82) is 0 Å². The number of hydrogen-bond acceptors (Lipinski definition) is 8. The minimum atomic E-state index is -4.39. The van der Waals surface area contributed by atoms with Crippen molar-refractivity contribution in [2.45, 2.75) is 187 Å². The zero-order valence-electron chi connectivity index (χ0n) is 33.7. The van der Waals surface area contributed by atoms with Crippen LogP contribution >= 0.6 is 7.82 Å². The van der Waals surface area contributed by atoms with E-state index in [9.17, 15) is 19.0 Å². The Labute approximate surface area is 324 Å². The van der Waals surface area contributed by atoms with E-state index < -0.39 is 32.5 Å². The maximum atomic E-state index is 12.5. The summed E-state index contributed by atoms with van der Waals surface area (Å²) in [5.74, 6) is -0.895. The first-order chi connectivity index (χ1) is 25.8. The Morgan fingerprint density at radius 3 is 1.51 bits per heavy atom. The topological polar surface area (TPSA) is 134 Å². The first-order valence-electron chi connectivity index (χ1n) is 21.1. The highest BCUT2D eigenvalue weighted by Crippen LogP contribution is 2.43. The van der Waals surface area contributed by atoms with Crippen molar-refractivity contribution < 1.29 is 37.6 Å². The van der Waals surface area contributed by atoms with Crippen LogP contribution in [0, 0.1) is 0 Å². The SMILES string of the molecule is CCCCCCCCC/C=C/C/C=C/C/C=C/C/C=C/CCCC(=O)O[C@H](COC(=O)CCCCCCCCCCCCC)COP(=O)(O)OCCN. The number of rotatable bonds is 39. The van der Waals surface area contributed by atoms with Crippen LogP contribution in [0.5, 0.6) is 0 Å². The van der Waals surface area contributed by atoms with Crippen molar-refractivity contribution in [3.05, 3.63) is 48.6 Å². The van der Waals surface area contributed by atoms with E-state index in [2.05, 4.69) is 56.4 Å². The van der Waals surface area contributed by atoms with Crippen molar-refractivity contribution in [2.75, 3.05) is 26.4 Å². The maximum Gasteiger partial charge on any atom is 0.472 e. The summed E-state index contributed by atoms with van der Waals surface area (Å²) >= 11 is 0. The molecule has 0 fully saturated rings. The Bertz CT molecular complexity index is 1010. The molecule has 0 aromatic carbocycles. The number of carbonyl (C=O) groups excluding carboxylic acids is 2. The molecular formula is C43H78NO8P. The molecule has 0 radical (unpaired) electrons. The van der Waals surface area contributed by atoms with Crippen LogP contribution in [-0.4, -0.2) is 49.3 Å². The van der Waals surface area contributed by atoms with E-state index in [4.69, 9.17) is 24.3 Å². The molecule has 0 aliphatic heterocycles. The van der Waals surface area contributed by atoms with E-state index >= 15 is 0 Å². The van der Waals surface area contributed by atoms with Gasteiger partial charge in [0.2, 0.25) is 0 Å². The summed E-state index contributed by atoms with van der Waals surface area (Å²) < 4.78 is 32.6. The Kier molecular flexibility index (Phi) is 38.1. The summed E-state index contributed by atoms with van der Waals surface area (Å²) in [5, 5.41) is 0. The van der Waals surface area contributed by atoms with Gasteiger partial charge in [0.05, 0.1) is 13.2 Å². The predicted molar refractivity (Wildman–Crippen MR) is 220 cm³/mol. The highest BCUT2D eigenvalue weighted by Gasteiger charge is 2.25. The second-order valence-electron chi connectivity index (χ2n) is 13.9. The molecule has 0 saturated heterocycles. The second kappa shape index (κ2) is 39.7. The average Bonchev–Trinajstić information content (AvgIpc) is 3.14. The van der Waals surface area contributed by atoms with Gasteiger partial charge >= 0.3 is 19.8 Å². The molecule has 0 spiro atoms. The molecule has 0 aliphatic rings. The van der Waals surface area contributed by atoms with Gasteiger partial charge in [-0.1, -0.05) is 165 Å². The predicted octanol–water partition coefficient (Wildman–Crippen LogP) is 11.9. The summed E-state index contributed by atoms with van der Waals surface area (Å²) in [6.45, 7) is 3.65. The number of nitrogens with two attached hydrogens (primary N) is 1. The van der Waals surface area contributed by atoms with Crippen molar-refractivity contribution in [3.63, 3.8) is 0 Å². The third-order valence-electron chi connectivity index (χ3n) is 8.72. The Balaban J connectivity index is 4.26. The van der Waals surface area contributed by atoms with Crippen LogP contribution < -0.4 is 5.73 Å². The van der Waals surface area contributed by atoms with E-state index in [-0.39, 0.29) is 32.6 Å². The Hall–Kier alpha value is -2.03. The molecule has 0 heterocycles. The number of unbranched alkanes of at least 4 members (excludes halogenated alkanes) is 18. The van der Waals surface area contributed by atoms with Crippen LogP contribution in [0.25, 0.3) is 0 Å². The van der Waals surface area contributed by atoms with E-state index in [1.54, 1.807) is 0 Å². The van der Waals surface area contributed by atoms with Crippen LogP contribution in [0.2, 0.25) is 0 Å². The third-order valence-corrected chi connectivity index (χ3v) is 9.70. The number of ether oxygens (including phenoxy) is 2. The van der Waals surface area contributed by atoms with E-state index in [1.165, 1.54) is 103 Å². The summed E-state index contributed by atoms with van der Waals surface area (Å²) in [7, 11) is -4.39. The Morgan fingerprint density at radius 2 is 1.00 bits per heavy atom. The molecule has 0 aromatic rings. The molecule has 0 rings (SSSR count). The monoisotopic (exact) mass is 768 g/mol. The van der Waals surface area contributed by atoms with Crippen molar-refractivity contribution in [1.82, 2.24) is 0 Å². The normalized spacial score (nSPS) is 13.8. The summed E-state index contributed by atoms with van der Waals surface area (Å²) in [4.78, 5) is 34.7. The highest BCUT2D eigenvalue weighted by atomic mass is 31.2. The lowest BCUT2D eigenvalue weighted by Crippen LogP contribution is -2.29. The zero-order valence-corrected chi connectivity index (χ0v) is 34.6. The number of phosphoric ester groups is 1. The fourth-order valence-electron chi connectivity index (χ4n) is 5.57. The standard InChI is InChI=1S/C43H78NO8P/c1-3-5-7-9-11-13-15-16-17-18-19-20-21-22-23-24-26-28-30-32-34-36-43(46)52-41(40-51-53(47,48)50-38-37-44)39-49-42(45)35-33-31-29-27-25-14-12-10-8-6-4-2/h17-18,20-21,23-24,28,30,41H,3-16,19,22,25-27,29,31-40,44H2,1-2H3,(H,47,48)/b18-17+,21-20+,24-23+,30-28+/t41-/m1/s1. The van der Waals surface area contributed by atoms with Gasteiger partial charge in [0.1, 0.15) is 6.61 Å². The van der Waals surface area contributed by atoms with Gasteiger partial charge in [0.25, 0.3) is 0 Å². The van der Waals surface area contributed by atoms with Crippen LogP contribution in [0.15, 0.2) is 48.6 Å². The minimum Gasteiger partial charge on any atom is -0.462 e. The number of hydrogen-bond donors (Lipinski definition) is 2. The lowest BCUT2D eigenvalue weighted by molar-refractivity contribution is -0.161. The minimum absolute atomic E-state index is 0.0442. The second-order valence-corrected chi connectivity index (χ2v) is 15.3. The summed E-state index contributed by atoms with van der Waals surface area (Å²) in [6, 6.07) is 0. The van der Waals surface area contributed by atoms with Gasteiger partial charge in [-0.25, -0.2) is 4.57 Å². The van der Waals surface area contributed by atoms with Gasteiger partial charge in [-0.15, -0.1) is 0 Å². The molecule has 10 heteroatoms. The van der Waals surface area contributed by atoms with Gasteiger partial charge in [-0.3, -0.25) is 18.6 Å². The first kappa shape index (κ1) is 51.0. The molecular weight excluding hydrogens is 689 g/mol. The largest absolute Gasteiger partial charge is 0.472 e. The molecule has 0 aromatic heterocycles. The number of carbonyl (C=O) groups is 2. The summed E-state index contributed by atoms with van der Waals surface area (Å²) in [5.41, 5.74) is 5.33. The lowest BCUT2D eigenvalue weighted by atomic mass is 10.1. The van der Waals surface area contributed by atoms with E-state index in [1.807, 2.05) is 6.08 Å². The number of allylic oxidation sites excluding steroid dienone is 8. The van der Waals surface area contributed by atoms with Crippen LogP contribution in [0.4, 0.5) is 0 Å². The lowest BCUT2D eigenvalue weighted by Gasteiger charge is -2.19. The maximum absolute atomic E-state index is 12.5. The molecule has 9 nitrogen and oxygen atoms in total. The van der Waals surface area contributed by atoms with Gasteiger partial charge in [0, 0.05) is 19.4 Å². The molecule has 0 bridgehead atoms. The molecule has 3 N–H and O–H groups in total. The van der Waals surface area contributed by atoms with Gasteiger partial charge in [-0.05, 0) is 51.4 Å². The Morgan fingerprint density at radius 1 is 0.566 bits per heavy atom. The molecule has 53 heavy (non-hydrogen) atoms. The fourth-order valence-corrected chi connectivity index (χ4v) is 6.33. The zero-order chi connectivity index (χ0) is 38.9. The first-order valence-corrected chi connectivity index (χ1v) is 22.6. The number of esters is 2. The van der Waals surface area contributed by atoms with Crippen LogP contribution in [0.3, 0.4) is 0 Å². The smallest absolute Gasteiger partial charge is 0.462 e. The molecule has 0 saturated carbocycles. The third kappa shape index (κ3) is 39.5. The fraction of sp³-hybridized carbons (Fsp3) is 0.767. The van der Waals surface area contributed by atoms with E-state index in [0.717, 1.165) is 38.5 Å². The van der Waals surface area contributed by atoms with Gasteiger partial charge < -0.3 is 20.1 Å². The molecule has 1 unspecified atom stereocenters. The van der Waals surface area contributed by atoms with Crippen LogP contribution in [-0.2, 0) is 32.7 Å². The van der Waals surface area contributed by atoms with Crippen molar-refractivity contribution in [3.8, 4) is 0 Å². The van der Waals surface area contributed by atoms with Crippen molar-refractivity contribution >= 4 is 19.8 Å². The van der Waals surface area contributed by atoms with Crippen LogP contribution in [0.1, 0.15) is 181 Å². The molecule has 2 atom stereocenters. The molecule has 0 aliphatic carbocycles. The number of phosphoric acid groups is 1. The molecule has 308 valence electrons. The van der Waals surface area contributed by atoms with Gasteiger partial charge in [0.15, 0.2) is 6.10 Å². The quantitative estimate of drug-likeness (QED) is 0.0271. The van der Waals surface area contributed by atoms with Gasteiger partial charge in [-0.2, -0.15) is 0 Å². The highest BCUT2D eigenvalue weighted by molar-refractivity contribution is 7.47. The van der Waals surface area contributed by atoms with Crippen molar-refractivity contribution in [2.24, 2.45) is 5.73 Å². The summed E-state index contributed by atoms with van der Waals surface area (Å²) in [6.07, 6.45) is 44.4.